The van der Waals surface area contributed by atoms with Crippen LogP contribution in [0, 0.1) is 10.1 Å². The van der Waals surface area contributed by atoms with Gasteiger partial charge in [-0.1, -0.05) is 42.5 Å². The molecule has 1 aliphatic heterocycles. The molecule has 0 aliphatic carbocycles. The maximum absolute atomic E-state index is 13.9. The Morgan fingerprint density at radius 2 is 1.67 bits per heavy atom. The molecule has 2 N–H and O–H groups in total. The van der Waals surface area contributed by atoms with Gasteiger partial charge in [0.2, 0.25) is 0 Å². The minimum atomic E-state index is -1.04. The topological polar surface area (TPSA) is 137 Å². The Labute approximate surface area is 227 Å². The van der Waals surface area contributed by atoms with Crippen molar-refractivity contribution in [2.75, 3.05) is 7.11 Å². The van der Waals surface area contributed by atoms with Gasteiger partial charge in [0.25, 0.3) is 11.6 Å². The molecule has 2 aromatic rings. The fourth-order valence-corrected chi connectivity index (χ4v) is 4.48. The summed E-state index contributed by atoms with van der Waals surface area (Å²) in [7, 11) is 1.22. The Hall–Kier alpha value is -4.47. The Balaban J connectivity index is 2.08. The second-order valence-corrected chi connectivity index (χ2v) is 10.2. The largest absolute Gasteiger partial charge is 0.466 e. The normalized spacial score (nSPS) is 16.2. The third kappa shape index (κ3) is 7.10. The second kappa shape index (κ2) is 11.9. The molecular weight excluding hydrogens is 502 g/mol. The molecule has 1 amide bonds. The minimum Gasteiger partial charge on any atom is -0.466 e. The van der Waals surface area contributed by atoms with E-state index in [1.54, 1.807) is 40.7 Å². The third-order valence-corrected chi connectivity index (χ3v) is 6.10. The van der Waals surface area contributed by atoms with Gasteiger partial charge in [-0.15, -0.1) is 0 Å². The Morgan fingerprint density at radius 3 is 2.26 bits per heavy atom. The first-order valence-corrected chi connectivity index (χ1v) is 12.4. The van der Waals surface area contributed by atoms with Crippen LogP contribution in [0.15, 0.2) is 77.1 Å². The molecule has 1 aliphatic rings. The zero-order valence-electron chi connectivity index (χ0n) is 22.9. The number of rotatable bonds is 8. The summed E-state index contributed by atoms with van der Waals surface area (Å²) in [5, 5.41) is 17.4. The van der Waals surface area contributed by atoms with Crippen LogP contribution < -0.4 is 10.6 Å². The van der Waals surface area contributed by atoms with Gasteiger partial charge < -0.3 is 20.1 Å². The van der Waals surface area contributed by atoms with Gasteiger partial charge in [-0.2, -0.15) is 0 Å². The number of carbonyl (C=O) groups excluding carboxylic acids is 3. The monoisotopic (exact) mass is 535 g/mol. The van der Waals surface area contributed by atoms with Crippen LogP contribution >= 0.6 is 0 Å². The Bertz CT molecular complexity index is 1340. The van der Waals surface area contributed by atoms with Crippen LogP contribution in [0.4, 0.5) is 5.69 Å². The fraction of sp³-hybridized carbons (Fsp3) is 0.345. The van der Waals surface area contributed by atoms with Crippen LogP contribution in [0.25, 0.3) is 0 Å². The van der Waals surface area contributed by atoms with Gasteiger partial charge in [0.15, 0.2) is 0 Å². The lowest BCUT2D eigenvalue weighted by Gasteiger charge is -2.32. The molecule has 39 heavy (non-hydrogen) atoms. The first-order chi connectivity index (χ1) is 18.3. The van der Waals surface area contributed by atoms with E-state index in [0.29, 0.717) is 17.0 Å². The number of nitro benzene ring substituents is 1. The van der Waals surface area contributed by atoms with E-state index in [4.69, 9.17) is 9.47 Å². The number of dihydropyridines is 1. The van der Waals surface area contributed by atoms with Crippen molar-refractivity contribution in [3.63, 3.8) is 0 Å². The molecular formula is C29H33N3O7. The lowest BCUT2D eigenvalue weighted by molar-refractivity contribution is -0.384. The van der Waals surface area contributed by atoms with Crippen molar-refractivity contribution in [2.24, 2.45) is 0 Å². The number of allylic oxidation sites excluding steroid dienone is 2. The molecule has 10 heteroatoms. The molecule has 10 nitrogen and oxygen atoms in total. The number of hydrogen-bond acceptors (Lipinski definition) is 8. The second-order valence-electron chi connectivity index (χ2n) is 10.2. The quantitative estimate of drug-likeness (QED) is 0.293. The number of amides is 1. The minimum absolute atomic E-state index is 0.128. The summed E-state index contributed by atoms with van der Waals surface area (Å²) >= 11 is 0. The number of carbonyl (C=O) groups is 3. The van der Waals surface area contributed by atoms with Crippen molar-refractivity contribution in [3.8, 4) is 0 Å². The summed E-state index contributed by atoms with van der Waals surface area (Å²) < 4.78 is 10.6. The van der Waals surface area contributed by atoms with Gasteiger partial charge >= 0.3 is 11.9 Å². The van der Waals surface area contributed by atoms with E-state index < -0.39 is 40.3 Å². The highest BCUT2D eigenvalue weighted by atomic mass is 16.6. The van der Waals surface area contributed by atoms with Crippen molar-refractivity contribution in [1.29, 1.82) is 0 Å². The zero-order chi connectivity index (χ0) is 28.9. The summed E-state index contributed by atoms with van der Waals surface area (Å²) in [5.41, 5.74) is 1.31. The zero-order valence-corrected chi connectivity index (χ0v) is 22.9. The third-order valence-electron chi connectivity index (χ3n) is 6.10. The molecule has 2 aromatic carbocycles. The van der Waals surface area contributed by atoms with E-state index in [-0.39, 0.29) is 23.3 Å². The van der Waals surface area contributed by atoms with Crippen LogP contribution in [0.3, 0.4) is 0 Å². The van der Waals surface area contributed by atoms with Gasteiger partial charge in [-0.3, -0.25) is 14.9 Å². The predicted molar refractivity (Wildman–Crippen MR) is 144 cm³/mol. The molecule has 1 heterocycles. The number of nitrogens with zero attached hydrogens (tertiary/aromatic N) is 1. The van der Waals surface area contributed by atoms with E-state index in [0.717, 1.165) is 5.56 Å². The fourth-order valence-electron chi connectivity index (χ4n) is 4.48. The molecule has 0 radical (unpaired) electrons. The first kappa shape index (κ1) is 29.1. The van der Waals surface area contributed by atoms with E-state index in [1.165, 1.54) is 25.3 Å². The average molecular weight is 536 g/mol. The lowest BCUT2D eigenvalue weighted by Crippen LogP contribution is -2.47. The number of non-ortho nitro benzene ring substituents is 1. The number of ether oxygens (including phenoxy) is 2. The standard InChI is InChI=1S/C29H33N3O7/c1-17-23(26(33)31-22(27(34)39-29(3,4)5)15-19-11-8-7-9-12-19)25(24(18(2)30-17)28(35)38-6)20-13-10-14-21(16-20)32(36)37/h7-14,16,22,25,30H,15H2,1-6H3,(H,31,33)/t22-,25-/m0/s1. The van der Waals surface area contributed by atoms with Crippen LogP contribution in [0.5, 0.6) is 0 Å². The first-order valence-electron chi connectivity index (χ1n) is 12.4. The van der Waals surface area contributed by atoms with Crippen molar-refractivity contribution in [3.05, 3.63) is 98.4 Å². The Kier molecular flexibility index (Phi) is 8.90. The van der Waals surface area contributed by atoms with Crippen molar-refractivity contribution in [1.82, 2.24) is 10.6 Å². The summed E-state index contributed by atoms with van der Waals surface area (Å²) in [6.07, 6.45) is 0.168. The van der Waals surface area contributed by atoms with E-state index >= 15 is 0 Å². The molecule has 0 unspecified atom stereocenters. The van der Waals surface area contributed by atoms with Crippen molar-refractivity contribution < 1.29 is 28.8 Å². The van der Waals surface area contributed by atoms with Crippen LogP contribution in [0.1, 0.15) is 51.7 Å². The number of hydrogen-bond donors (Lipinski definition) is 2. The van der Waals surface area contributed by atoms with Crippen LogP contribution in [-0.4, -0.2) is 41.5 Å². The number of benzene rings is 2. The molecule has 0 bridgehead atoms. The van der Waals surface area contributed by atoms with E-state index in [2.05, 4.69) is 10.6 Å². The smallest absolute Gasteiger partial charge is 0.336 e. The highest BCUT2D eigenvalue weighted by Crippen LogP contribution is 2.39. The van der Waals surface area contributed by atoms with E-state index in [1.807, 2.05) is 30.3 Å². The molecule has 2 atom stereocenters. The number of nitro groups is 1. The molecule has 0 spiro atoms. The van der Waals surface area contributed by atoms with Gasteiger partial charge in [-0.05, 0) is 45.7 Å². The Morgan fingerprint density at radius 1 is 1.03 bits per heavy atom. The summed E-state index contributed by atoms with van der Waals surface area (Å²) in [6, 6.07) is 13.9. The molecule has 0 saturated carbocycles. The number of esters is 2. The van der Waals surface area contributed by atoms with Crippen LogP contribution in [-0.2, 0) is 30.3 Å². The average Bonchev–Trinajstić information content (AvgIpc) is 2.87. The highest BCUT2D eigenvalue weighted by Gasteiger charge is 2.39. The van der Waals surface area contributed by atoms with Gasteiger partial charge in [-0.25, -0.2) is 9.59 Å². The van der Waals surface area contributed by atoms with E-state index in [9.17, 15) is 24.5 Å². The molecule has 0 saturated heterocycles. The van der Waals surface area contributed by atoms with Gasteiger partial charge in [0, 0.05) is 35.5 Å². The molecule has 206 valence electrons. The van der Waals surface area contributed by atoms with Crippen LogP contribution in [0.2, 0.25) is 0 Å². The maximum Gasteiger partial charge on any atom is 0.336 e. The maximum atomic E-state index is 13.9. The highest BCUT2D eigenvalue weighted by molar-refractivity contribution is 6.03. The van der Waals surface area contributed by atoms with Gasteiger partial charge in [0.1, 0.15) is 11.6 Å². The number of nitrogens with one attached hydrogen (secondary N) is 2. The molecule has 0 aromatic heterocycles. The molecule has 3 rings (SSSR count). The van der Waals surface area contributed by atoms with Crippen molar-refractivity contribution in [2.45, 2.75) is 58.6 Å². The molecule has 0 fully saturated rings. The SMILES string of the molecule is COC(=O)C1=C(C)NC(C)=C(C(=O)N[C@@H](Cc2ccccc2)C(=O)OC(C)(C)C)[C@@H]1c1cccc([N+](=O)[O-])c1. The summed E-state index contributed by atoms with van der Waals surface area (Å²) in [4.78, 5) is 51.0. The van der Waals surface area contributed by atoms with Gasteiger partial charge in [0.05, 0.1) is 23.5 Å². The summed E-state index contributed by atoms with van der Waals surface area (Å²) in [6.45, 7) is 8.53. The summed E-state index contributed by atoms with van der Waals surface area (Å²) in [5.74, 6) is -2.93. The number of methoxy groups -OCH3 is 1. The lowest BCUT2D eigenvalue weighted by atomic mass is 9.79. The van der Waals surface area contributed by atoms with Crippen molar-refractivity contribution >= 4 is 23.5 Å². The predicted octanol–water partition coefficient (Wildman–Crippen LogP) is 4.07.